The molecule has 0 aromatic heterocycles. The summed E-state index contributed by atoms with van der Waals surface area (Å²) in [6.07, 6.45) is 2.21. The van der Waals surface area contributed by atoms with Crippen molar-refractivity contribution in [1.82, 2.24) is 5.32 Å². The first-order valence-corrected chi connectivity index (χ1v) is 7.26. The number of nitrogens with one attached hydrogen (secondary N) is 1. The van der Waals surface area contributed by atoms with Crippen LogP contribution in [0, 0.1) is 0 Å². The van der Waals surface area contributed by atoms with Crippen LogP contribution in [0.3, 0.4) is 0 Å². The van der Waals surface area contributed by atoms with Crippen molar-refractivity contribution in [2.45, 2.75) is 16.7 Å². The van der Waals surface area contributed by atoms with E-state index in [2.05, 4.69) is 66.8 Å². The number of allylic oxidation sites excluding steroid dienone is 1. The summed E-state index contributed by atoms with van der Waals surface area (Å²) < 4.78 is 0. The highest BCUT2D eigenvalue weighted by Gasteiger charge is 1.98. The third-order valence-electron chi connectivity index (χ3n) is 2.90. The average Bonchev–Trinajstić information content (AvgIpc) is 2.46. The van der Waals surface area contributed by atoms with Gasteiger partial charge >= 0.3 is 0 Å². The van der Waals surface area contributed by atoms with E-state index in [4.69, 9.17) is 0 Å². The van der Waals surface area contributed by atoms with E-state index < -0.39 is 0 Å². The number of hydrogen-bond acceptors (Lipinski definition) is 2. The molecule has 0 spiro atoms. The van der Waals surface area contributed by atoms with Crippen LogP contribution in [0.1, 0.15) is 12.5 Å². The van der Waals surface area contributed by atoms with Crippen LogP contribution in [0.15, 0.2) is 70.5 Å². The van der Waals surface area contributed by atoms with E-state index in [0.29, 0.717) is 0 Å². The Morgan fingerprint density at radius 2 is 1.63 bits per heavy atom. The molecule has 0 aliphatic carbocycles. The molecule has 0 radical (unpaired) electrons. The Kier molecular flexibility index (Phi) is 5.25. The van der Waals surface area contributed by atoms with Gasteiger partial charge in [-0.2, -0.15) is 0 Å². The monoisotopic (exact) mass is 269 g/mol. The summed E-state index contributed by atoms with van der Waals surface area (Å²) in [5, 5.41) is 3.13. The van der Waals surface area contributed by atoms with Crippen LogP contribution in [0.4, 0.5) is 0 Å². The van der Waals surface area contributed by atoms with Crippen LogP contribution < -0.4 is 5.32 Å². The maximum atomic E-state index is 3.13. The quantitative estimate of drug-likeness (QED) is 0.860. The molecule has 0 amide bonds. The maximum absolute atomic E-state index is 3.13. The summed E-state index contributed by atoms with van der Waals surface area (Å²) in [6.45, 7) is 3.06. The second kappa shape index (κ2) is 7.17. The Labute approximate surface area is 119 Å². The van der Waals surface area contributed by atoms with Crippen molar-refractivity contribution in [2.24, 2.45) is 0 Å². The van der Waals surface area contributed by atoms with Crippen LogP contribution in [0.2, 0.25) is 0 Å². The minimum absolute atomic E-state index is 0.909. The van der Waals surface area contributed by atoms with Crippen molar-refractivity contribution in [3.63, 3.8) is 0 Å². The van der Waals surface area contributed by atoms with Gasteiger partial charge in [-0.15, -0.1) is 0 Å². The molecule has 0 saturated heterocycles. The molecule has 2 rings (SSSR count). The fraction of sp³-hybridized carbons (Fsp3) is 0.176. The zero-order chi connectivity index (χ0) is 13.5. The predicted octanol–water partition coefficient (Wildman–Crippen LogP) is 4.46. The summed E-state index contributed by atoms with van der Waals surface area (Å²) in [5.41, 5.74) is 2.60. The summed E-state index contributed by atoms with van der Waals surface area (Å²) >= 11 is 1.79. The van der Waals surface area contributed by atoms with Gasteiger partial charge in [0.25, 0.3) is 0 Å². The average molecular weight is 269 g/mol. The van der Waals surface area contributed by atoms with Crippen molar-refractivity contribution in [1.29, 1.82) is 0 Å². The number of benzene rings is 2. The predicted molar refractivity (Wildman–Crippen MR) is 84.6 cm³/mol. The Hall–Kier alpha value is -1.51. The first-order valence-electron chi connectivity index (χ1n) is 6.44. The van der Waals surface area contributed by atoms with Crippen LogP contribution in [-0.2, 0) is 0 Å². The van der Waals surface area contributed by atoms with Crippen LogP contribution in [-0.4, -0.2) is 13.6 Å². The molecule has 0 bridgehead atoms. The van der Waals surface area contributed by atoms with E-state index >= 15 is 0 Å². The lowest BCUT2D eigenvalue weighted by Crippen LogP contribution is -2.04. The second-order valence-electron chi connectivity index (χ2n) is 4.38. The van der Waals surface area contributed by atoms with Gasteiger partial charge in [0.1, 0.15) is 0 Å². The minimum atomic E-state index is 0.909. The smallest absolute Gasteiger partial charge is 0.0137 e. The lowest BCUT2D eigenvalue weighted by Gasteiger charge is -2.05. The second-order valence-corrected chi connectivity index (χ2v) is 5.53. The van der Waals surface area contributed by atoms with Gasteiger partial charge in [-0.05, 0) is 49.4 Å². The van der Waals surface area contributed by atoms with E-state index in [0.717, 1.165) is 6.54 Å². The Bertz CT molecular complexity index is 529. The summed E-state index contributed by atoms with van der Waals surface area (Å²) in [4.78, 5) is 2.55. The molecule has 0 aliphatic heterocycles. The molecule has 2 heteroatoms. The third-order valence-corrected chi connectivity index (χ3v) is 3.92. The molecule has 98 valence electrons. The van der Waals surface area contributed by atoms with Crippen molar-refractivity contribution in [3.8, 4) is 0 Å². The lowest BCUT2D eigenvalue weighted by atomic mass is 10.1. The molecule has 0 fully saturated rings. The highest BCUT2D eigenvalue weighted by Crippen LogP contribution is 2.28. The van der Waals surface area contributed by atoms with Crippen LogP contribution in [0.25, 0.3) is 5.57 Å². The van der Waals surface area contributed by atoms with E-state index in [-0.39, 0.29) is 0 Å². The largest absolute Gasteiger partial charge is 0.316 e. The molecule has 0 unspecified atom stereocenters. The van der Waals surface area contributed by atoms with Crippen LogP contribution in [0.5, 0.6) is 0 Å². The third kappa shape index (κ3) is 4.27. The minimum Gasteiger partial charge on any atom is -0.316 e. The first-order chi connectivity index (χ1) is 9.29. The van der Waals surface area contributed by atoms with Crippen LogP contribution >= 0.6 is 11.8 Å². The zero-order valence-electron chi connectivity index (χ0n) is 11.4. The molecule has 0 saturated carbocycles. The topological polar surface area (TPSA) is 12.0 Å². The molecule has 19 heavy (non-hydrogen) atoms. The Morgan fingerprint density at radius 3 is 2.26 bits per heavy atom. The fourth-order valence-corrected chi connectivity index (χ4v) is 2.62. The summed E-state index contributed by atoms with van der Waals surface area (Å²) in [7, 11) is 1.96. The zero-order valence-corrected chi connectivity index (χ0v) is 12.2. The molecule has 0 atom stereocenters. The molecular formula is C17H19NS. The maximum Gasteiger partial charge on any atom is 0.0137 e. The van der Waals surface area contributed by atoms with E-state index in [1.54, 1.807) is 11.8 Å². The molecule has 1 nitrogen and oxygen atoms in total. The van der Waals surface area contributed by atoms with Gasteiger partial charge in [-0.25, -0.2) is 0 Å². The van der Waals surface area contributed by atoms with Gasteiger partial charge in [0.2, 0.25) is 0 Å². The summed E-state index contributed by atoms with van der Waals surface area (Å²) in [5.74, 6) is 0. The molecule has 2 aromatic rings. The van der Waals surface area contributed by atoms with Gasteiger partial charge < -0.3 is 5.32 Å². The van der Waals surface area contributed by atoms with E-state index in [1.807, 2.05) is 13.1 Å². The van der Waals surface area contributed by atoms with Crippen molar-refractivity contribution >= 4 is 17.3 Å². The highest BCUT2D eigenvalue weighted by atomic mass is 32.2. The molecule has 0 heterocycles. The highest BCUT2D eigenvalue weighted by molar-refractivity contribution is 7.99. The van der Waals surface area contributed by atoms with Crippen molar-refractivity contribution in [2.75, 3.05) is 13.6 Å². The molecule has 2 aromatic carbocycles. The van der Waals surface area contributed by atoms with Gasteiger partial charge in [0.05, 0.1) is 0 Å². The Balaban J connectivity index is 2.06. The molecule has 0 aliphatic rings. The van der Waals surface area contributed by atoms with E-state index in [9.17, 15) is 0 Å². The number of likely N-dealkylation sites (N-methyl/N-ethyl adjacent to an activating group) is 1. The Morgan fingerprint density at radius 1 is 1.00 bits per heavy atom. The number of rotatable bonds is 5. The summed E-state index contributed by atoms with van der Waals surface area (Å²) in [6, 6.07) is 19.2. The molecular weight excluding hydrogens is 250 g/mol. The van der Waals surface area contributed by atoms with Crippen molar-refractivity contribution < 1.29 is 0 Å². The number of hydrogen-bond donors (Lipinski definition) is 1. The van der Waals surface area contributed by atoms with Crippen molar-refractivity contribution in [3.05, 3.63) is 66.2 Å². The normalized spacial score (nSPS) is 11.6. The first kappa shape index (κ1) is 13.9. The fourth-order valence-electron chi connectivity index (χ4n) is 1.78. The van der Waals surface area contributed by atoms with Gasteiger partial charge in [-0.3, -0.25) is 0 Å². The molecule has 1 N–H and O–H groups in total. The van der Waals surface area contributed by atoms with Gasteiger partial charge in [-0.1, -0.05) is 48.2 Å². The van der Waals surface area contributed by atoms with Gasteiger partial charge in [0, 0.05) is 16.3 Å². The van der Waals surface area contributed by atoms with Gasteiger partial charge in [0.15, 0.2) is 0 Å². The SMILES string of the molecule is CNCC=C(C)c1ccc(Sc2ccccc2)cc1. The lowest BCUT2D eigenvalue weighted by molar-refractivity contribution is 0.920. The standard InChI is InChI=1S/C17H19NS/c1-14(12-13-18-2)15-8-10-17(11-9-15)19-16-6-4-3-5-7-16/h3-12,18H,13H2,1-2H3. The van der Waals surface area contributed by atoms with E-state index in [1.165, 1.54) is 20.9 Å².